The van der Waals surface area contributed by atoms with Crippen LogP contribution in [0.4, 0.5) is 11.7 Å². The van der Waals surface area contributed by atoms with Crippen LogP contribution in [0.15, 0.2) is 58.1 Å². The van der Waals surface area contributed by atoms with Gasteiger partial charge in [-0.2, -0.15) is 4.98 Å². The van der Waals surface area contributed by atoms with Crippen LogP contribution in [-0.4, -0.2) is 23.1 Å². The van der Waals surface area contributed by atoms with Crippen LogP contribution >= 0.6 is 0 Å². The second-order valence-corrected chi connectivity index (χ2v) is 4.56. The highest BCUT2D eigenvalue weighted by atomic mass is 16.4. The lowest BCUT2D eigenvalue weighted by Crippen LogP contribution is -2.14. The Hall–Kier alpha value is -3.02. The summed E-state index contributed by atoms with van der Waals surface area (Å²) in [7, 11) is 1.86. The van der Waals surface area contributed by atoms with Gasteiger partial charge < -0.3 is 15.4 Å². The van der Waals surface area contributed by atoms with Gasteiger partial charge in [0.15, 0.2) is 11.4 Å². The van der Waals surface area contributed by atoms with Gasteiger partial charge in [-0.25, -0.2) is 0 Å². The standard InChI is InChI=1S/C15H14N4O2/c1-19(11-8-6-10(7-9-11)14(16)18-20)15-17-12-4-2-3-5-13(12)21-15/h2-9,20H,1H3,(H2,16,18). The van der Waals surface area contributed by atoms with Crippen molar-refractivity contribution in [3.8, 4) is 0 Å². The predicted octanol–water partition coefficient (Wildman–Crippen LogP) is 2.69. The van der Waals surface area contributed by atoms with Crippen LogP contribution in [0.3, 0.4) is 0 Å². The highest BCUT2D eigenvalue weighted by Crippen LogP contribution is 2.26. The Kier molecular flexibility index (Phi) is 3.19. The molecule has 1 aromatic heterocycles. The quantitative estimate of drug-likeness (QED) is 0.334. The Balaban J connectivity index is 1.92. The molecule has 0 atom stereocenters. The number of para-hydroxylation sites is 2. The average Bonchev–Trinajstić information content (AvgIpc) is 2.97. The fourth-order valence-corrected chi connectivity index (χ4v) is 2.03. The number of fused-ring (bicyclic) bond motifs is 1. The van der Waals surface area contributed by atoms with E-state index in [1.807, 2.05) is 48.3 Å². The first-order valence-electron chi connectivity index (χ1n) is 6.36. The third-order valence-corrected chi connectivity index (χ3v) is 3.23. The Morgan fingerprint density at radius 2 is 1.90 bits per heavy atom. The fraction of sp³-hybridized carbons (Fsp3) is 0.0667. The number of aromatic nitrogens is 1. The van der Waals surface area contributed by atoms with E-state index in [9.17, 15) is 0 Å². The van der Waals surface area contributed by atoms with Crippen molar-refractivity contribution in [3.05, 3.63) is 54.1 Å². The van der Waals surface area contributed by atoms with Crippen molar-refractivity contribution in [1.29, 1.82) is 0 Å². The van der Waals surface area contributed by atoms with Gasteiger partial charge in [0, 0.05) is 18.3 Å². The maximum atomic E-state index is 8.65. The number of anilines is 2. The number of oxime groups is 1. The fourth-order valence-electron chi connectivity index (χ4n) is 2.03. The molecule has 0 amide bonds. The molecule has 0 saturated heterocycles. The van der Waals surface area contributed by atoms with Crippen LogP contribution < -0.4 is 10.6 Å². The number of nitrogens with two attached hydrogens (primary N) is 1. The van der Waals surface area contributed by atoms with Gasteiger partial charge in [0.05, 0.1) is 0 Å². The van der Waals surface area contributed by atoms with Crippen molar-refractivity contribution in [1.82, 2.24) is 4.98 Å². The number of amidine groups is 1. The van der Waals surface area contributed by atoms with Gasteiger partial charge in [-0.1, -0.05) is 17.3 Å². The van der Waals surface area contributed by atoms with Crippen molar-refractivity contribution in [3.63, 3.8) is 0 Å². The van der Waals surface area contributed by atoms with Gasteiger partial charge in [-0.3, -0.25) is 4.90 Å². The van der Waals surface area contributed by atoms with Gasteiger partial charge in [-0.15, -0.1) is 0 Å². The monoisotopic (exact) mass is 282 g/mol. The van der Waals surface area contributed by atoms with Gasteiger partial charge >= 0.3 is 6.01 Å². The summed E-state index contributed by atoms with van der Waals surface area (Å²) in [6, 6.07) is 15.3. The molecule has 6 nitrogen and oxygen atoms in total. The van der Waals surface area contributed by atoms with E-state index < -0.39 is 0 Å². The molecule has 0 fully saturated rings. The van der Waals surface area contributed by atoms with Gasteiger partial charge in [0.25, 0.3) is 0 Å². The van der Waals surface area contributed by atoms with Crippen LogP contribution in [0.1, 0.15) is 5.56 Å². The summed E-state index contributed by atoms with van der Waals surface area (Å²) in [6.45, 7) is 0. The molecule has 0 bridgehead atoms. The zero-order chi connectivity index (χ0) is 14.8. The number of nitrogens with zero attached hydrogens (tertiary/aromatic N) is 3. The number of hydrogen-bond donors (Lipinski definition) is 2. The van der Waals surface area contributed by atoms with E-state index in [0.717, 1.165) is 16.8 Å². The van der Waals surface area contributed by atoms with E-state index in [0.29, 0.717) is 11.6 Å². The van der Waals surface area contributed by atoms with E-state index >= 15 is 0 Å². The minimum Gasteiger partial charge on any atom is -0.423 e. The molecule has 0 aliphatic heterocycles. The number of oxazole rings is 1. The lowest BCUT2D eigenvalue weighted by Gasteiger charge is -2.14. The molecule has 0 spiro atoms. The Bertz CT molecular complexity index is 760. The van der Waals surface area contributed by atoms with Crippen molar-refractivity contribution in [2.45, 2.75) is 0 Å². The van der Waals surface area contributed by atoms with Crippen LogP contribution in [0.2, 0.25) is 0 Å². The number of hydrogen-bond acceptors (Lipinski definition) is 5. The first-order valence-corrected chi connectivity index (χ1v) is 6.36. The summed E-state index contributed by atoms with van der Waals surface area (Å²) in [4.78, 5) is 6.26. The molecule has 0 aliphatic rings. The highest BCUT2D eigenvalue weighted by Gasteiger charge is 2.12. The molecule has 21 heavy (non-hydrogen) atoms. The van der Waals surface area contributed by atoms with Crippen LogP contribution in [0, 0.1) is 0 Å². The van der Waals surface area contributed by atoms with E-state index in [1.165, 1.54) is 0 Å². The molecule has 0 aliphatic carbocycles. The molecule has 6 heteroatoms. The second kappa shape index (κ2) is 5.16. The normalized spacial score (nSPS) is 11.8. The summed E-state index contributed by atoms with van der Waals surface area (Å²) in [5.41, 5.74) is 8.62. The number of rotatable bonds is 3. The van der Waals surface area contributed by atoms with E-state index in [4.69, 9.17) is 15.4 Å². The van der Waals surface area contributed by atoms with Crippen LogP contribution in [0.25, 0.3) is 11.1 Å². The first-order chi connectivity index (χ1) is 10.2. The first kappa shape index (κ1) is 13.0. The molecule has 1 heterocycles. The summed E-state index contributed by atoms with van der Waals surface area (Å²) in [5.74, 6) is 0.0751. The highest BCUT2D eigenvalue weighted by molar-refractivity contribution is 5.97. The summed E-state index contributed by atoms with van der Waals surface area (Å²) in [5, 5.41) is 11.6. The van der Waals surface area contributed by atoms with Gasteiger partial charge in [-0.05, 0) is 36.4 Å². The zero-order valence-corrected chi connectivity index (χ0v) is 11.4. The molecule has 3 aromatic rings. The molecular weight excluding hydrogens is 268 g/mol. The van der Waals surface area contributed by atoms with Gasteiger partial charge in [0.1, 0.15) is 5.52 Å². The van der Waals surface area contributed by atoms with E-state index in [1.54, 1.807) is 12.1 Å². The molecule has 3 N–H and O–H groups in total. The molecule has 2 aromatic carbocycles. The summed E-state index contributed by atoms with van der Waals surface area (Å²) in [6.07, 6.45) is 0. The molecular formula is C15H14N4O2. The Labute approximate surface area is 121 Å². The lowest BCUT2D eigenvalue weighted by atomic mass is 10.2. The van der Waals surface area contributed by atoms with E-state index in [2.05, 4.69) is 10.1 Å². The molecule has 3 rings (SSSR count). The second-order valence-electron chi connectivity index (χ2n) is 4.56. The predicted molar refractivity (Wildman–Crippen MR) is 81.0 cm³/mol. The van der Waals surface area contributed by atoms with Crippen molar-refractivity contribution in [2.75, 3.05) is 11.9 Å². The third-order valence-electron chi connectivity index (χ3n) is 3.23. The van der Waals surface area contributed by atoms with Crippen molar-refractivity contribution in [2.24, 2.45) is 10.9 Å². The largest absolute Gasteiger partial charge is 0.423 e. The van der Waals surface area contributed by atoms with Crippen molar-refractivity contribution < 1.29 is 9.62 Å². The topological polar surface area (TPSA) is 87.9 Å². The summed E-state index contributed by atoms with van der Waals surface area (Å²) < 4.78 is 5.71. The molecule has 0 unspecified atom stereocenters. The summed E-state index contributed by atoms with van der Waals surface area (Å²) >= 11 is 0. The third kappa shape index (κ3) is 2.38. The number of benzene rings is 2. The SMILES string of the molecule is CN(c1ccc(C(N)=NO)cc1)c1nc2ccccc2o1. The molecule has 0 saturated carbocycles. The lowest BCUT2D eigenvalue weighted by molar-refractivity contribution is 0.318. The van der Waals surface area contributed by atoms with Crippen LogP contribution in [-0.2, 0) is 0 Å². The molecule has 106 valence electrons. The minimum absolute atomic E-state index is 0.0751. The van der Waals surface area contributed by atoms with Gasteiger partial charge in [0.2, 0.25) is 0 Å². The maximum absolute atomic E-state index is 8.65. The average molecular weight is 282 g/mol. The Morgan fingerprint density at radius 1 is 1.19 bits per heavy atom. The van der Waals surface area contributed by atoms with Crippen molar-refractivity contribution >= 4 is 28.6 Å². The maximum Gasteiger partial charge on any atom is 0.302 e. The van der Waals surface area contributed by atoms with E-state index in [-0.39, 0.29) is 5.84 Å². The zero-order valence-electron chi connectivity index (χ0n) is 11.4. The Morgan fingerprint density at radius 3 is 2.57 bits per heavy atom. The smallest absolute Gasteiger partial charge is 0.302 e. The minimum atomic E-state index is 0.0751. The van der Waals surface area contributed by atoms with Crippen LogP contribution in [0.5, 0.6) is 0 Å². The molecule has 0 radical (unpaired) electrons.